The van der Waals surface area contributed by atoms with Crippen LogP contribution in [0.4, 0.5) is 36.2 Å². The van der Waals surface area contributed by atoms with Gasteiger partial charge in [0, 0.05) is 13.2 Å². The smallest absolute Gasteiger partial charge is 0.0785 e. The van der Waals surface area contributed by atoms with Crippen LogP contribution in [0.5, 0.6) is 0 Å². The number of carbonyl (C=O) groups is 3. The zero-order valence-electron chi connectivity index (χ0n) is 48.2. The molecule has 0 radical (unpaired) electrons. The number of aromatic nitrogens is 12. The molecule has 6 aromatic rings. The molecule has 87 heavy (non-hydrogen) atoms. The molecule has 478 valence electrons. The van der Waals surface area contributed by atoms with Crippen molar-refractivity contribution in [3.05, 3.63) is 38.0 Å². The predicted molar refractivity (Wildman–Crippen MR) is 311 cm³/mol. The Hall–Kier alpha value is -5.97. The average molecular weight is 1420 g/mol. The van der Waals surface area contributed by atoms with Crippen LogP contribution in [-0.4, -0.2) is 270 Å². The van der Waals surface area contributed by atoms with E-state index in [0.717, 1.165) is 18.5 Å². The number of morpholine rings is 2. The van der Waals surface area contributed by atoms with Crippen LogP contribution < -0.4 is 17.2 Å². The van der Waals surface area contributed by atoms with Crippen molar-refractivity contribution in [3.63, 3.8) is 0 Å². The number of halogens is 1. The molecule has 7 fully saturated rings. The van der Waals surface area contributed by atoms with Gasteiger partial charge in [0.25, 0.3) is 0 Å². The fraction of sp³-hybridized carbons (Fsp3) is 0.647. The third-order valence-electron chi connectivity index (χ3n) is 14.4. The molecule has 13 heterocycles. The fourth-order valence-electron chi connectivity index (χ4n) is 10.2. The summed E-state index contributed by atoms with van der Waals surface area (Å²) in [4.78, 5) is 76.9. The Morgan fingerprint density at radius 1 is 0.575 bits per heavy atom. The number of alkyl halides is 1. The van der Waals surface area contributed by atoms with E-state index >= 15 is 0 Å². The summed E-state index contributed by atoms with van der Waals surface area (Å²) >= 11 is 0.943. The number of hydrogen-bond acceptors (Lipinski definition) is 27. The number of rotatable bonds is 11. The van der Waals surface area contributed by atoms with Crippen LogP contribution in [0.3, 0.4) is 0 Å². The van der Waals surface area contributed by atoms with Gasteiger partial charge in [0.15, 0.2) is 0 Å². The van der Waals surface area contributed by atoms with Gasteiger partial charge in [-0.2, -0.15) is 0 Å². The number of imidazole rings is 3. The van der Waals surface area contributed by atoms with Crippen molar-refractivity contribution in [2.45, 2.75) is 134 Å². The number of nitrogens with two attached hydrogens (primary N) is 3. The Bertz CT molecular complexity index is 3190. The summed E-state index contributed by atoms with van der Waals surface area (Å²) in [5.41, 5.74) is 20.3. The second-order valence-electron chi connectivity index (χ2n) is 19.8. The molecule has 7 aliphatic rings. The van der Waals surface area contributed by atoms with Gasteiger partial charge in [0.2, 0.25) is 0 Å². The van der Waals surface area contributed by atoms with Crippen LogP contribution in [0, 0.1) is 0 Å². The van der Waals surface area contributed by atoms with E-state index in [1.54, 1.807) is 29.8 Å². The number of fused-ring (bicyclic) bond motifs is 4. The standard InChI is InChI=1S/2C16H22N6O5Se.C12H13N5O4Se.C5H10O.CH3F.CH4/c1-28-6-9-12(27-16(24)21-2-4-25-5-3-21)11(23)15(26-9)22-8-20-10-13(17)18-7-19-14(10)22;1-28-6-9-11(23)12(27-16(24)21-2-4-25-5-3-21)15(26-9)22-8-20-10-13(17)18-7-19-14(10)22;1-22-2-5-7-8(21-12(18)20-7)11(19-5)17-4-16-6-9(13)14-3-15-10(6)17;1-2-4-6-5-3-1;1-2;/h2*7-9,11-12,15,23H,2-6H2,1H3,(H2,17,18,19);3-5,7-8,11H,2H2,1H3,(H2,13,14,15);1-5H2;1H3;1H4/t9-,11+,12?,15-;9-,11?,12+,15-;5-,7?,8+,11-;;;/m111.../s1/i;;;;1D;. The van der Waals surface area contributed by atoms with E-state index in [2.05, 4.69) is 62.3 Å². The van der Waals surface area contributed by atoms with Gasteiger partial charge in [-0.1, -0.05) is 7.43 Å². The quantitative estimate of drug-likeness (QED) is 0.0704. The molecule has 36 heteroatoms. The summed E-state index contributed by atoms with van der Waals surface area (Å²) in [5, 5.41) is 24.0. The molecule has 13 rings (SSSR count). The number of hydrogen-bond donors (Lipinski definition) is 5. The van der Waals surface area contributed by atoms with Crippen LogP contribution >= 0.6 is 0 Å². The van der Waals surface area contributed by atoms with Gasteiger partial charge in [-0.3, -0.25) is 4.39 Å². The number of nitrogen functional groups attached to an aromatic ring is 3. The Morgan fingerprint density at radius 3 is 1.44 bits per heavy atom. The largest absolute Gasteiger partial charge is 0.255 e. The molecule has 7 aliphatic heterocycles. The zero-order valence-corrected chi connectivity index (χ0v) is 52.3. The molecule has 3 unspecified atom stereocenters. The first kappa shape index (κ1) is 65.5. The van der Waals surface area contributed by atoms with Crippen molar-refractivity contribution in [1.82, 2.24) is 68.4 Å². The first-order chi connectivity index (χ1) is 42.3. The van der Waals surface area contributed by atoms with Gasteiger partial charge >= 0.3 is 465 Å². The molecule has 2 amide bonds. The molecule has 0 aliphatic carbocycles. The van der Waals surface area contributed by atoms with Crippen LogP contribution in [0.15, 0.2) is 38.0 Å². The molecule has 7 saturated heterocycles. The summed E-state index contributed by atoms with van der Waals surface area (Å²) in [5.74, 6) is 7.03. The Kier molecular flexibility index (Phi) is 24.1. The van der Waals surface area contributed by atoms with Gasteiger partial charge in [-0.15, -0.1) is 0 Å². The van der Waals surface area contributed by atoms with E-state index in [4.69, 9.17) is 65.9 Å². The zero-order chi connectivity index (χ0) is 61.6. The van der Waals surface area contributed by atoms with E-state index < -0.39 is 93.0 Å². The Morgan fingerprint density at radius 2 is 0.977 bits per heavy atom. The second-order valence-corrected chi connectivity index (χ2v) is 25.5. The maximum atomic E-state index is 12.6. The van der Waals surface area contributed by atoms with Gasteiger partial charge in [-0.05, 0) is 19.3 Å². The average Bonchev–Trinajstić information content (AvgIpc) is 2.40. The molecule has 12 atom stereocenters. The first-order valence-corrected chi connectivity index (χ1v) is 36.0. The van der Waals surface area contributed by atoms with Gasteiger partial charge in [-0.25, -0.2) is 0 Å². The number of amides is 2. The third kappa shape index (κ3) is 15.4. The number of aliphatic hydroxyl groups is 2. The van der Waals surface area contributed by atoms with E-state index in [0.29, 0.717) is 118 Å². The molecular formula is C51H74FN17O15Se3. The molecule has 0 spiro atoms. The minimum absolute atomic E-state index is 0. The SMILES string of the molecule is C.C1CCOCC1.C[Se]C[C@H]1O[C@@H](n2cnc3c(N)ncnc32)[C@@H](O)C1OC(=O)N1CCOCC1.C[Se]C[C@H]1O[C@@H](n2cnc3c(N)ncnc32)[C@@H](OC(=O)N2CCOCC2)C1O.C[Se]C[C@H]1O[C@@H](n2cnc3c(N)ncnc32)[C@H]2OC(=O)OC12.[2H]CF. The predicted octanol–water partition coefficient (Wildman–Crippen LogP) is 2.14. The second kappa shape index (κ2) is 32.0. The summed E-state index contributed by atoms with van der Waals surface area (Å²) in [6.45, 7) is 5.72. The first-order valence-electron chi connectivity index (χ1n) is 28.0. The molecule has 6 aromatic heterocycles. The topological polar surface area (TPSA) is 399 Å². The number of nitrogens with zero attached hydrogens (tertiary/aromatic N) is 14. The third-order valence-corrected chi connectivity index (χ3v) is 18.6. The van der Waals surface area contributed by atoms with Gasteiger partial charge in [0.05, 0.1) is 8.52 Å². The molecule has 8 N–H and O–H groups in total. The van der Waals surface area contributed by atoms with E-state index in [9.17, 15) is 29.0 Å². The van der Waals surface area contributed by atoms with Crippen LogP contribution in [0.2, 0.25) is 33.4 Å². The van der Waals surface area contributed by atoms with E-state index in [1.165, 1.54) is 50.9 Å². The summed E-state index contributed by atoms with van der Waals surface area (Å²) in [7, 11) is -1.00. The monoisotopic (exact) mass is 1420 g/mol. The number of ether oxygens (including phenoxy) is 10. The molecule has 0 saturated carbocycles. The van der Waals surface area contributed by atoms with Gasteiger partial charge < -0.3 is 4.74 Å². The molecule has 32 nitrogen and oxygen atoms in total. The van der Waals surface area contributed by atoms with Crippen LogP contribution in [0.25, 0.3) is 33.5 Å². The fourth-order valence-corrected chi connectivity index (χ4v) is 14.0. The van der Waals surface area contributed by atoms with Gasteiger partial charge in [0.1, 0.15) is 0 Å². The molecule has 0 bridgehead atoms. The normalized spacial score (nSPS) is 27.6. The van der Waals surface area contributed by atoms with E-state index in [-0.39, 0.29) is 55.1 Å². The maximum absolute atomic E-state index is 12.6. The van der Waals surface area contributed by atoms with Crippen LogP contribution in [0.1, 0.15) is 46.7 Å². The molecule has 0 aromatic carbocycles. The number of anilines is 3. The van der Waals surface area contributed by atoms with Crippen molar-refractivity contribution in [1.29, 1.82) is 0 Å². The minimum atomic E-state index is -1.06. The van der Waals surface area contributed by atoms with Crippen molar-refractivity contribution < 1.29 is 77.7 Å². The minimum Gasteiger partial charge on any atom is -0.255 e. The number of aliphatic hydroxyl groups excluding tert-OH is 2. The van der Waals surface area contributed by atoms with Crippen molar-refractivity contribution in [3.8, 4) is 0 Å². The summed E-state index contributed by atoms with van der Waals surface area (Å²) in [6.07, 6.45) is 3.26. The van der Waals surface area contributed by atoms with Crippen molar-refractivity contribution in [2.24, 2.45) is 0 Å². The number of carbonyl (C=O) groups excluding carboxylic acids is 3. The summed E-state index contributed by atoms with van der Waals surface area (Å²) < 4.78 is 76.1. The van der Waals surface area contributed by atoms with Crippen molar-refractivity contribution in [2.75, 3.05) is 90.2 Å². The van der Waals surface area contributed by atoms with E-state index in [1.807, 2.05) is 0 Å². The maximum Gasteiger partial charge on any atom is 0.0785 e. The van der Waals surface area contributed by atoms with Crippen LogP contribution in [-0.2, 0) is 47.4 Å². The summed E-state index contributed by atoms with van der Waals surface area (Å²) in [6, 6.07) is 0. The Labute approximate surface area is 519 Å². The Balaban J connectivity index is 0.000000159. The molecular weight excluding hydrogens is 1350 g/mol. The van der Waals surface area contributed by atoms with Crippen molar-refractivity contribution >= 4 is 114 Å².